The van der Waals surface area contributed by atoms with Crippen molar-refractivity contribution >= 4 is 46.8 Å². The van der Waals surface area contributed by atoms with E-state index in [1.165, 1.54) is 0 Å². The number of carbonyl (C=O) groups excluding carboxylic acids is 2. The fourth-order valence-corrected chi connectivity index (χ4v) is 3.31. The third-order valence-corrected chi connectivity index (χ3v) is 4.95. The topological polar surface area (TPSA) is 62.9 Å². The van der Waals surface area contributed by atoms with Gasteiger partial charge in [0, 0.05) is 16.1 Å². The molecule has 5 nitrogen and oxygen atoms in total. The molecule has 0 N–H and O–H groups in total. The van der Waals surface area contributed by atoms with E-state index in [1.54, 1.807) is 73.7 Å². The number of hydrazone groups is 1. The van der Waals surface area contributed by atoms with E-state index in [0.29, 0.717) is 38.4 Å². The Labute approximate surface area is 176 Å². The molecule has 0 saturated heterocycles. The minimum absolute atomic E-state index is 0.285. The van der Waals surface area contributed by atoms with Gasteiger partial charge in [0.05, 0.1) is 16.3 Å². The van der Waals surface area contributed by atoms with Crippen molar-refractivity contribution in [2.24, 2.45) is 5.10 Å². The number of carbonyl (C=O) groups is 2. The zero-order valence-electron chi connectivity index (χ0n) is 15.2. The van der Waals surface area contributed by atoms with Crippen LogP contribution in [-0.4, -0.2) is 22.5 Å². The van der Waals surface area contributed by atoms with Crippen LogP contribution in [0.25, 0.3) is 17.4 Å². The van der Waals surface area contributed by atoms with E-state index in [4.69, 9.17) is 27.6 Å². The molecule has 0 unspecified atom stereocenters. The quantitative estimate of drug-likeness (QED) is 0.400. The number of rotatable bonds is 3. The molecule has 7 heteroatoms. The SMILES string of the molecule is CC1=NN(C(=O)c2ccccc2)C(=O)C1=Cc1ccc(-c2cc(Cl)ccc2Cl)o1. The molecule has 0 fully saturated rings. The highest BCUT2D eigenvalue weighted by Gasteiger charge is 2.33. The lowest BCUT2D eigenvalue weighted by Gasteiger charge is -2.09. The van der Waals surface area contributed by atoms with Crippen molar-refractivity contribution < 1.29 is 14.0 Å². The van der Waals surface area contributed by atoms with E-state index in [2.05, 4.69) is 5.10 Å². The Balaban J connectivity index is 1.62. The molecule has 4 rings (SSSR count). The van der Waals surface area contributed by atoms with Crippen molar-refractivity contribution in [3.05, 3.63) is 87.6 Å². The maximum atomic E-state index is 12.8. The van der Waals surface area contributed by atoms with Crippen molar-refractivity contribution in [2.45, 2.75) is 6.92 Å². The summed E-state index contributed by atoms with van der Waals surface area (Å²) in [7, 11) is 0. The van der Waals surface area contributed by atoms with Crippen molar-refractivity contribution in [3.63, 3.8) is 0 Å². The Kier molecular flexibility index (Phi) is 5.09. The molecule has 2 amide bonds. The monoisotopic (exact) mass is 424 g/mol. The van der Waals surface area contributed by atoms with E-state index in [-0.39, 0.29) is 5.57 Å². The number of hydrogen-bond acceptors (Lipinski definition) is 4. The molecule has 0 saturated carbocycles. The van der Waals surface area contributed by atoms with Gasteiger partial charge >= 0.3 is 0 Å². The molecular weight excluding hydrogens is 411 g/mol. The largest absolute Gasteiger partial charge is 0.457 e. The summed E-state index contributed by atoms with van der Waals surface area (Å²) < 4.78 is 5.81. The molecule has 2 aromatic carbocycles. The van der Waals surface area contributed by atoms with Crippen LogP contribution in [0, 0.1) is 0 Å². The summed E-state index contributed by atoms with van der Waals surface area (Å²) in [5.74, 6) is -0.0381. The second-order valence-corrected chi connectivity index (χ2v) is 7.20. The van der Waals surface area contributed by atoms with Crippen LogP contribution in [0.5, 0.6) is 0 Å². The van der Waals surface area contributed by atoms with Gasteiger partial charge in [-0.05, 0) is 55.5 Å². The van der Waals surface area contributed by atoms with Crippen molar-refractivity contribution in [1.82, 2.24) is 5.01 Å². The van der Waals surface area contributed by atoms with Gasteiger partial charge in [-0.25, -0.2) is 0 Å². The minimum Gasteiger partial charge on any atom is -0.457 e. The Morgan fingerprint density at radius 3 is 2.59 bits per heavy atom. The highest BCUT2D eigenvalue weighted by atomic mass is 35.5. The number of halogens is 2. The van der Waals surface area contributed by atoms with Crippen LogP contribution in [0.3, 0.4) is 0 Å². The molecule has 1 aliphatic rings. The zero-order chi connectivity index (χ0) is 20.5. The van der Waals surface area contributed by atoms with E-state index >= 15 is 0 Å². The van der Waals surface area contributed by atoms with Gasteiger partial charge in [0.25, 0.3) is 11.8 Å². The lowest BCUT2D eigenvalue weighted by molar-refractivity contribution is -0.123. The predicted octanol–water partition coefficient (Wildman–Crippen LogP) is 5.70. The van der Waals surface area contributed by atoms with Crippen molar-refractivity contribution in [3.8, 4) is 11.3 Å². The van der Waals surface area contributed by atoms with Crippen LogP contribution in [0.15, 0.2) is 75.8 Å². The maximum Gasteiger partial charge on any atom is 0.283 e. The minimum atomic E-state index is -0.505. The molecule has 144 valence electrons. The van der Waals surface area contributed by atoms with Crippen LogP contribution in [0.4, 0.5) is 0 Å². The second-order valence-electron chi connectivity index (χ2n) is 6.36. The van der Waals surface area contributed by atoms with Crippen molar-refractivity contribution in [1.29, 1.82) is 0 Å². The van der Waals surface area contributed by atoms with Gasteiger partial charge in [-0.3, -0.25) is 9.59 Å². The first-order valence-corrected chi connectivity index (χ1v) is 9.46. The molecule has 2 heterocycles. The van der Waals surface area contributed by atoms with E-state index in [1.807, 2.05) is 0 Å². The Morgan fingerprint density at radius 2 is 1.83 bits per heavy atom. The molecule has 0 radical (unpaired) electrons. The highest BCUT2D eigenvalue weighted by Crippen LogP contribution is 2.32. The molecule has 29 heavy (non-hydrogen) atoms. The third-order valence-electron chi connectivity index (χ3n) is 4.38. The average molecular weight is 425 g/mol. The maximum absolute atomic E-state index is 12.8. The first kappa shape index (κ1) is 19.2. The number of furan rings is 1. The summed E-state index contributed by atoms with van der Waals surface area (Å²) in [5, 5.41) is 6.02. The smallest absolute Gasteiger partial charge is 0.283 e. The Morgan fingerprint density at radius 1 is 1.07 bits per heavy atom. The van der Waals surface area contributed by atoms with Gasteiger partial charge in [-0.1, -0.05) is 41.4 Å². The summed E-state index contributed by atoms with van der Waals surface area (Å²) in [6.45, 7) is 1.67. The Hall–Kier alpha value is -3.15. The van der Waals surface area contributed by atoms with Crippen LogP contribution >= 0.6 is 23.2 Å². The molecule has 0 aliphatic carbocycles. The van der Waals surface area contributed by atoms with Crippen LogP contribution < -0.4 is 0 Å². The number of hydrogen-bond donors (Lipinski definition) is 0. The first-order chi connectivity index (χ1) is 13.9. The third kappa shape index (κ3) is 3.75. The fraction of sp³-hybridized carbons (Fsp3) is 0.0455. The number of amides is 2. The average Bonchev–Trinajstić information content (AvgIpc) is 3.30. The van der Waals surface area contributed by atoms with Crippen LogP contribution in [0.2, 0.25) is 10.0 Å². The van der Waals surface area contributed by atoms with Crippen LogP contribution in [0.1, 0.15) is 23.0 Å². The number of imide groups is 1. The molecule has 0 spiro atoms. The number of nitrogens with zero attached hydrogens (tertiary/aromatic N) is 2. The van der Waals surface area contributed by atoms with E-state index < -0.39 is 11.8 Å². The second kappa shape index (κ2) is 7.70. The van der Waals surface area contributed by atoms with Gasteiger partial charge in [-0.15, -0.1) is 0 Å². The molecular formula is C22H14Cl2N2O3. The number of benzene rings is 2. The van der Waals surface area contributed by atoms with Crippen LogP contribution in [-0.2, 0) is 4.79 Å². The van der Waals surface area contributed by atoms with Gasteiger partial charge in [0.2, 0.25) is 0 Å². The summed E-state index contributed by atoms with van der Waals surface area (Å²) >= 11 is 12.3. The molecule has 0 bridgehead atoms. The highest BCUT2D eigenvalue weighted by molar-refractivity contribution is 6.35. The fourth-order valence-electron chi connectivity index (χ4n) is 2.93. The van der Waals surface area contributed by atoms with Gasteiger partial charge in [0.15, 0.2) is 0 Å². The molecule has 1 aliphatic heterocycles. The standard InChI is InChI=1S/C22H14Cl2N2O3/c1-13-17(22(28)26(25-13)21(27)14-5-3-2-4-6-14)12-16-8-10-20(29-16)18-11-15(23)7-9-19(18)24/h2-12H,1H3. The van der Waals surface area contributed by atoms with Gasteiger partial charge in [-0.2, -0.15) is 10.1 Å². The van der Waals surface area contributed by atoms with E-state index in [0.717, 1.165) is 5.01 Å². The molecule has 0 atom stereocenters. The lowest BCUT2D eigenvalue weighted by atomic mass is 10.1. The van der Waals surface area contributed by atoms with Gasteiger partial charge in [0.1, 0.15) is 11.5 Å². The summed E-state index contributed by atoms with van der Waals surface area (Å²) in [6, 6.07) is 17.0. The van der Waals surface area contributed by atoms with E-state index in [9.17, 15) is 9.59 Å². The predicted molar refractivity (Wildman–Crippen MR) is 113 cm³/mol. The summed E-state index contributed by atoms with van der Waals surface area (Å²) in [4.78, 5) is 25.3. The molecule has 3 aromatic rings. The van der Waals surface area contributed by atoms with Crippen molar-refractivity contribution in [2.75, 3.05) is 0 Å². The Bertz CT molecular complexity index is 1180. The zero-order valence-corrected chi connectivity index (χ0v) is 16.7. The molecule has 1 aromatic heterocycles. The summed E-state index contributed by atoms with van der Waals surface area (Å²) in [5.41, 5.74) is 1.74. The van der Waals surface area contributed by atoms with Gasteiger partial charge < -0.3 is 4.42 Å². The first-order valence-electron chi connectivity index (χ1n) is 8.70. The summed E-state index contributed by atoms with van der Waals surface area (Å²) in [6.07, 6.45) is 1.56. The lowest BCUT2D eigenvalue weighted by Crippen LogP contribution is -2.29. The normalized spacial score (nSPS) is 15.1.